The first-order valence-electron chi connectivity index (χ1n) is 4.66. The number of benzene rings is 1. The summed E-state index contributed by atoms with van der Waals surface area (Å²) < 4.78 is 13.0. The highest BCUT2D eigenvalue weighted by Gasteiger charge is 2.36. The summed E-state index contributed by atoms with van der Waals surface area (Å²) >= 11 is 0. The van der Waals surface area contributed by atoms with Crippen LogP contribution in [0.15, 0.2) is 18.2 Å². The Bertz CT molecular complexity index is 414. The van der Waals surface area contributed by atoms with Crippen LogP contribution in [-0.4, -0.2) is 21.3 Å². The summed E-state index contributed by atoms with van der Waals surface area (Å²) in [5.41, 5.74) is -1.31. The van der Waals surface area contributed by atoms with Gasteiger partial charge in [-0.2, -0.15) is 0 Å². The van der Waals surface area contributed by atoms with E-state index in [2.05, 4.69) is 0 Å². The molecule has 0 radical (unpaired) electrons. The Morgan fingerprint density at radius 3 is 2.44 bits per heavy atom. The van der Waals surface area contributed by atoms with Gasteiger partial charge in [0, 0.05) is 0 Å². The summed E-state index contributed by atoms with van der Waals surface area (Å²) in [6, 6.07) is 3.28. The molecule has 5 heteroatoms. The third-order valence-corrected chi connectivity index (χ3v) is 2.52. The first-order chi connectivity index (χ1) is 7.26. The molecule has 0 aliphatic rings. The van der Waals surface area contributed by atoms with Crippen molar-refractivity contribution in [3.05, 3.63) is 29.6 Å². The van der Waals surface area contributed by atoms with Crippen LogP contribution in [0.1, 0.15) is 25.5 Å². The van der Waals surface area contributed by atoms with Gasteiger partial charge in [-0.05, 0) is 31.5 Å². The van der Waals surface area contributed by atoms with Gasteiger partial charge < -0.3 is 15.3 Å². The molecule has 1 rings (SSSR count). The molecule has 0 amide bonds. The zero-order valence-corrected chi connectivity index (χ0v) is 8.94. The van der Waals surface area contributed by atoms with E-state index in [1.807, 2.05) is 0 Å². The number of phenols is 1. The summed E-state index contributed by atoms with van der Waals surface area (Å²) in [6.07, 6.45) is -1.35. The van der Waals surface area contributed by atoms with Crippen LogP contribution in [0, 0.1) is 11.2 Å². The molecule has 88 valence electrons. The normalized spacial score (nSPS) is 13.5. The van der Waals surface area contributed by atoms with Crippen molar-refractivity contribution < 1.29 is 24.5 Å². The average Bonchev–Trinajstić information content (AvgIpc) is 2.20. The smallest absolute Gasteiger partial charge is 0.312 e. The van der Waals surface area contributed by atoms with Crippen molar-refractivity contribution in [2.75, 3.05) is 0 Å². The number of hydrogen-bond acceptors (Lipinski definition) is 3. The quantitative estimate of drug-likeness (QED) is 0.735. The van der Waals surface area contributed by atoms with E-state index in [-0.39, 0.29) is 5.56 Å². The van der Waals surface area contributed by atoms with Gasteiger partial charge in [0.05, 0.1) is 11.5 Å². The maximum absolute atomic E-state index is 13.0. The van der Waals surface area contributed by atoms with E-state index >= 15 is 0 Å². The van der Waals surface area contributed by atoms with Gasteiger partial charge in [0.1, 0.15) is 0 Å². The molecular formula is C11H13FO4. The van der Waals surface area contributed by atoms with E-state index in [0.717, 1.165) is 12.1 Å². The van der Waals surface area contributed by atoms with Gasteiger partial charge in [-0.3, -0.25) is 4.79 Å². The fourth-order valence-corrected chi connectivity index (χ4v) is 1.23. The van der Waals surface area contributed by atoms with Gasteiger partial charge in [-0.15, -0.1) is 0 Å². The third kappa shape index (κ3) is 2.14. The predicted octanol–water partition coefficient (Wildman–Crippen LogP) is 1.68. The monoisotopic (exact) mass is 228 g/mol. The number of aromatic hydroxyl groups is 1. The van der Waals surface area contributed by atoms with Crippen molar-refractivity contribution in [2.45, 2.75) is 20.0 Å². The van der Waals surface area contributed by atoms with Crippen LogP contribution >= 0.6 is 0 Å². The first kappa shape index (κ1) is 12.4. The van der Waals surface area contributed by atoms with E-state index in [1.54, 1.807) is 0 Å². The lowest BCUT2D eigenvalue weighted by molar-refractivity contribution is -0.153. The number of aliphatic hydroxyl groups is 1. The SMILES string of the molecule is CC(C)(C(=O)O)C(O)c1ccc(O)c(F)c1. The Morgan fingerprint density at radius 1 is 1.44 bits per heavy atom. The van der Waals surface area contributed by atoms with E-state index in [9.17, 15) is 14.3 Å². The maximum Gasteiger partial charge on any atom is 0.312 e. The van der Waals surface area contributed by atoms with E-state index in [0.29, 0.717) is 0 Å². The van der Waals surface area contributed by atoms with Gasteiger partial charge in [0.2, 0.25) is 0 Å². The predicted molar refractivity (Wildman–Crippen MR) is 54.4 cm³/mol. The minimum atomic E-state index is -1.43. The van der Waals surface area contributed by atoms with E-state index in [1.165, 1.54) is 19.9 Å². The van der Waals surface area contributed by atoms with Crippen molar-refractivity contribution in [1.29, 1.82) is 0 Å². The molecule has 0 fully saturated rings. The molecule has 0 saturated carbocycles. The Balaban J connectivity index is 3.10. The summed E-state index contributed by atoms with van der Waals surface area (Å²) in [4.78, 5) is 10.9. The Labute approximate surface area is 92.0 Å². The van der Waals surface area contributed by atoms with Crippen LogP contribution in [0.5, 0.6) is 5.75 Å². The molecule has 0 bridgehead atoms. The Hall–Kier alpha value is -1.62. The van der Waals surface area contributed by atoms with Crippen molar-refractivity contribution in [3.63, 3.8) is 0 Å². The number of rotatable bonds is 3. The lowest BCUT2D eigenvalue weighted by Gasteiger charge is -2.26. The van der Waals surface area contributed by atoms with Gasteiger partial charge in [-0.1, -0.05) is 6.07 Å². The van der Waals surface area contributed by atoms with Crippen LogP contribution < -0.4 is 0 Å². The summed E-state index contributed by atoms with van der Waals surface area (Å²) in [7, 11) is 0. The Morgan fingerprint density at radius 2 is 2.00 bits per heavy atom. The van der Waals surface area contributed by atoms with E-state index in [4.69, 9.17) is 10.2 Å². The lowest BCUT2D eigenvalue weighted by atomic mass is 9.83. The molecule has 16 heavy (non-hydrogen) atoms. The number of aliphatic carboxylic acids is 1. The third-order valence-electron chi connectivity index (χ3n) is 2.52. The van der Waals surface area contributed by atoms with Crippen molar-refractivity contribution in [1.82, 2.24) is 0 Å². The second kappa shape index (κ2) is 4.09. The highest BCUT2D eigenvalue weighted by Crippen LogP contribution is 2.34. The van der Waals surface area contributed by atoms with Gasteiger partial charge in [-0.25, -0.2) is 4.39 Å². The molecule has 4 nitrogen and oxygen atoms in total. The standard InChI is InChI=1S/C11H13FO4/c1-11(2,10(15)16)9(14)6-3-4-8(13)7(12)5-6/h3-5,9,13-14H,1-2H3,(H,15,16). The number of halogens is 1. The van der Waals surface area contributed by atoms with Gasteiger partial charge in [0.25, 0.3) is 0 Å². The van der Waals surface area contributed by atoms with Crippen LogP contribution in [-0.2, 0) is 4.79 Å². The van der Waals surface area contributed by atoms with Crippen LogP contribution in [0.4, 0.5) is 4.39 Å². The van der Waals surface area contributed by atoms with Crippen LogP contribution in [0.3, 0.4) is 0 Å². The fourth-order valence-electron chi connectivity index (χ4n) is 1.23. The number of carboxylic acids is 1. The van der Waals surface area contributed by atoms with Crippen molar-refractivity contribution in [3.8, 4) is 5.75 Å². The zero-order chi connectivity index (χ0) is 12.5. The molecule has 3 N–H and O–H groups in total. The van der Waals surface area contributed by atoms with Gasteiger partial charge in [0.15, 0.2) is 11.6 Å². The largest absolute Gasteiger partial charge is 0.505 e. The molecule has 0 aromatic heterocycles. The number of hydrogen-bond donors (Lipinski definition) is 3. The van der Waals surface area contributed by atoms with Crippen molar-refractivity contribution in [2.24, 2.45) is 5.41 Å². The zero-order valence-electron chi connectivity index (χ0n) is 8.94. The molecule has 1 unspecified atom stereocenters. The summed E-state index contributed by atoms with van der Waals surface area (Å²) in [6.45, 7) is 2.68. The Kier molecular flexibility index (Phi) is 3.19. The number of carboxylic acid groups (broad SMARTS) is 1. The minimum Gasteiger partial charge on any atom is -0.505 e. The first-order valence-corrected chi connectivity index (χ1v) is 4.66. The minimum absolute atomic E-state index is 0.114. The molecule has 1 aromatic rings. The molecule has 0 heterocycles. The lowest BCUT2D eigenvalue weighted by Crippen LogP contribution is -2.31. The number of aliphatic hydroxyl groups excluding tert-OH is 1. The second-order valence-corrected chi connectivity index (χ2v) is 4.14. The van der Waals surface area contributed by atoms with Gasteiger partial charge >= 0.3 is 5.97 Å². The average molecular weight is 228 g/mol. The molecule has 0 saturated heterocycles. The molecule has 1 atom stereocenters. The molecule has 0 spiro atoms. The summed E-state index contributed by atoms with van der Waals surface area (Å²) in [5, 5.41) is 27.7. The molecule has 1 aromatic carbocycles. The topological polar surface area (TPSA) is 77.8 Å². The maximum atomic E-state index is 13.0. The summed E-state index contributed by atoms with van der Waals surface area (Å²) in [5.74, 6) is -2.62. The molecule has 0 aliphatic carbocycles. The van der Waals surface area contributed by atoms with Crippen LogP contribution in [0.25, 0.3) is 0 Å². The fraction of sp³-hybridized carbons (Fsp3) is 0.364. The molecular weight excluding hydrogens is 215 g/mol. The molecule has 0 aliphatic heterocycles. The number of carbonyl (C=O) groups is 1. The highest BCUT2D eigenvalue weighted by atomic mass is 19.1. The van der Waals surface area contributed by atoms with E-state index < -0.39 is 29.1 Å². The van der Waals surface area contributed by atoms with Crippen molar-refractivity contribution >= 4 is 5.97 Å². The highest BCUT2D eigenvalue weighted by molar-refractivity contribution is 5.74. The second-order valence-electron chi connectivity index (χ2n) is 4.14. The van der Waals surface area contributed by atoms with Crippen LogP contribution in [0.2, 0.25) is 0 Å². The number of phenolic OH excluding ortho intramolecular Hbond substituents is 1.